The lowest BCUT2D eigenvalue weighted by atomic mass is 10.2. The monoisotopic (exact) mass is 231 g/mol. The third-order valence-electron chi connectivity index (χ3n) is 1.35. The Morgan fingerprint density at radius 1 is 1.50 bits per heavy atom. The smallest absolute Gasteiger partial charge is 0.339 e. The summed E-state index contributed by atoms with van der Waals surface area (Å²) in [5.41, 5.74) is 5.49. The van der Waals surface area contributed by atoms with Crippen LogP contribution in [0.5, 0.6) is 5.75 Å². The van der Waals surface area contributed by atoms with Crippen molar-refractivity contribution in [3.05, 3.63) is 22.2 Å². The third-order valence-corrected chi connectivity index (χ3v) is 2.03. The summed E-state index contributed by atoms with van der Waals surface area (Å²) in [5, 5.41) is 17.7. The van der Waals surface area contributed by atoms with Crippen molar-refractivity contribution in [2.75, 3.05) is 5.73 Å². The number of carboxylic acid groups (broad SMARTS) is 1. The van der Waals surface area contributed by atoms with Gasteiger partial charge in [0, 0.05) is 10.2 Å². The second-order valence-corrected chi connectivity index (χ2v) is 3.05. The molecule has 1 aromatic rings. The summed E-state index contributed by atoms with van der Waals surface area (Å²) < 4.78 is 0.477. The third kappa shape index (κ3) is 1.50. The van der Waals surface area contributed by atoms with Gasteiger partial charge in [-0.15, -0.1) is 0 Å². The maximum Gasteiger partial charge on any atom is 0.339 e. The van der Waals surface area contributed by atoms with Gasteiger partial charge >= 0.3 is 5.97 Å². The van der Waals surface area contributed by atoms with Gasteiger partial charge in [-0.3, -0.25) is 0 Å². The number of nitrogen functional groups attached to an aromatic ring is 1. The first-order valence-electron chi connectivity index (χ1n) is 3.03. The lowest BCUT2D eigenvalue weighted by Crippen LogP contribution is -1.98. The van der Waals surface area contributed by atoms with E-state index in [-0.39, 0.29) is 17.0 Å². The number of phenols is 1. The predicted molar refractivity (Wildman–Crippen MR) is 47.2 cm³/mol. The molecule has 0 aliphatic heterocycles. The Labute approximate surface area is 76.8 Å². The van der Waals surface area contributed by atoms with Gasteiger partial charge in [-0.05, 0) is 28.1 Å². The van der Waals surface area contributed by atoms with Crippen LogP contribution < -0.4 is 5.73 Å². The Morgan fingerprint density at radius 2 is 2.08 bits per heavy atom. The zero-order chi connectivity index (χ0) is 9.30. The molecule has 0 atom stereocenters. The molecule has 0 aliphatic carbocycles. The van der Waals surface area contributed by atoms with Gasteiger partial charge in [-0.25, -0.2) is 4.79 Å². The molecule has 5 heteroatoms. The van der Waals surface area contributed by atoms with Crippen molar-refractivity contribution in [2.24, 2.45) is 0 Å². The van der Waals surface area contributed by atoms with E-state index in [9.17, 15) is 4.79 Å². The highest BCUT2D eigenvalue weighted by atomic mass is 79.9. The molecular weight excluding hydrogens is 226 g/mol. The van der Waals surface area contributed by atoms with Crippen molar-refractivity contribution < 1.29 is 15.0 Å². The number of carbonyl (C=O) groups is 1. The second kappa shape index (κ2) is 3.02. The molecule has 0 aromatic heterocycles. The van der Waals surface area contributed by atoms with Crippen LogP contribution in [-0.2, 0) is 0 Å². The highest BCUT2D eigenvalue weighted by molar-refractivity contribution is 9.10. The average Bonchev–Trinajstić information content (AvgIpc) is 1.96. The zero-order valence-corrected chi connectivity index (χ0v) is 7.50. The predicted octanol–water partition coefficient (Wildman–Crippen LogP) is 1.44. The number of hydrogen-bond donors (Lipinski definition) is 3. The van der Waals surface area contributed by atoms with E-state index in [4.69, 9.17) is 15.9 Å². The summed E-state index contributed by atoms with van der Waals surface area (Å²) in [5.74, 6) is -1.50. The molecular formula is C7H6BrNO3. The summed E-state index contributed by atoms with van der Waals surface area (Å²) in [6, 6.07) is 2.44. The molecule has 1 rings (SSSR count). The molecule has 1 aromatic carbocycles. The van der Waals surface area contributed by atoms with Crippen molar-refractivity contribution in [3.8, 4) is 5.75 Å². The molecule has 0 heterocycles. The molecule has 64 valence electrons. The first-order valence-corrected chi connectivity index (χ1v) is 3.83. The van der Waals surface area contributed by atoms with Crippen LogP contribution in [0, 0.1) is 0 Å². The molecule has 0 saturated carbocycles. The molecule has 0 bridgehead atoms. The maximum absolute atomic E-state index is 10.5. The molecule has 0 radical (unpaired) electrons. The number of halogens is 1. The number of carboxylic acids is 1. The molecule has 4 nitrogen and oxygen atoms in total. The fourth-order valence-electron chi connectivity index (χ4n) is 0.751. The first-order chi connectivity index (χ1) is 5.52. The standard InChI is InChI=1S/C7H6BrNO3/c8-4-2-6(10)3(7(11)12)1-5(4)9/h1-2,10H,9H2,(H,11,12). The number of aromatic hydroxyl groups is 1. The Kier molecular flexibility index (Phi) is 2.23. The summed E-state index contributed by atoms with van der Waals surface area (Å²) >= 11 is 3.05. The Morgan fingerprint density at radius 3 is 2.58 bits per heavy atom. The van der Waals surface area contributed by atoms with Gasteiger partial charge in [0.1, 0.15) is 11.3 Å². The van der Waals surface area contributed by atoms with Gasteiger partial charge in [0.15, 0.2) is 0 Å². The van der Waals surface area contributed by atoms with Crippen molar-refractivity contribution in [3.63, 3.8) is 0 Å². The molecule has 0 fully saturated rings. The molecule has 0 aliphatic rings. The van der Waals surface area contributed by atoms with Crippen LogP contribution in [0.25, 0.3) is 0 Å². The van der Waals surface area contributed by atoms with Gasteiger partial charge in [-0.1, -0.05) is 0 Å². The number of hydrogen-bond acceptors (Lipinski definition) is 3. The lowest BCUT2D eigenvalue weighted by molar-refractivity contribution is 0.0694. The van der Waals surface area contributed by atoms with Gasteiger partial charge < -0.3 is 15.9 Å². The Bertz CT molecular complexity index is 338. The molecule has 0 spiro atoms. The lowest BCUT2D eigenvalue weighted by Gasteiger charge is -2.02. The summed E-state index contributed by atoms with van der Waals surface area (Å²) in [7, 11) is 0. The van der Waals surface area contributed by atoms with Crippen molar-refractivity contribution >= 4 is 27.6 Å². The van der Waals surface area contributed by atoms with E-state index in [1.807, 2.05) is 0 Å². The molecule has 0 saturated heterocycles. The number of benzene rings is 1. The van der Waals surface area contributed by atoms with E-state index in [1.54, 1.807) is 0 Å². The van der Waals surface area contributed by atoms with E-state index in [0.29, 0.717) is 4.47 Å². The highest BCUT2D eigenvalue weighted by Gasteiger charge is 2.11. The largest absolute Gasteiger partial charge is 0.507 e. The Balaban J connectivity index is 3.33. The van der Waals surface area contributed by atoms with Crippen molar-refractivity contribution in [2.45, 2.75) is 0 Å². The van der Waals surface area contributed by atoms with E-state index in [2.05, 4.69) is 15.9 Å². The van der Waals surface area contributed by atoms with Crippen LogP contribution >= 0.6 is 15.9 Å². The van der Waals surface area contributed by atoms with E-state index in [1.165, 1.54) is 12.1 Å². The first kappa shape index (κ1) is 8.86. The topological polar surface area (TPSA) is 83.6 Å². The van der Waals surface area contributed by atoms with Crippen LogP contribution in [0.15, 0.2) is 16.6 Å². The molecule has 12 heavy (non-hydrogen) atoms. The number of nitrogens with two attached hydrogens (primary N) is 1. The summed E-state index contributed by atoms with van der Waals surface area (Å²) in [4.78, 5) is 10.5. The Hall–Kier alpha value is -1.23. The quantitative estimate of drug-likeness (QED) is 0.505. The summed E-state index contributed by atoms with van der Waals surface area (Å²) in [6.07, 6.45) is 0. The fraction of sp³-hybridized carbons (Fsp3) is 0. The van der Waals surface area contributed by atoms with Crippen LogP contribution in [0.3, 0.4) is 0 Å². The normalized spacial score (nSPS) is 9.75. The second-order valence-electron chi connectivity index (χ2n) is 2.20. The molecule has 0 unspecified atom stereocenters. The fourth-order valence-corrected chi connectivity index (χ4v) is 1.08. The highest BCUT2D eigenvalue weighted by Crippen LogP contribution is 2.28. The van der Waals surface area contributed by atoms with Crippen LogP contribution in [0.4, 0.5) is 5.69 Å². The van der Waals surface area contributed by atoms with Crippen LogP contribution in [0.1, 0.15) is 10.4 Å². The maximum atomic E-state index is 10.5. The minimum absolute atomic E-state index is 0.198. The number of aromatic carboxylic acids is 1. The van der Waals surface area contributed by atoms with Gasteiger partial charge in [0.25, 0.3) is 0 Å². The van der Waals surface area contributed by atoms with Crippen LogP contribution in [0.2, 0.25) is 0 Å². The minimum atomic E-state index is -1.20. The van der Waals surface area contributed by atoms with E-state index >= 15 is 0 Å². The van der Waals surface area contributed by atoms with Crippen molar-refractivity contribution in [1.82, 2.24) is 0 Å². The minimum Gasteiger partial charge on any atom is -0.507 e. The van der Waals surface area contributed by atoms with Crippen LogP contribution in [-0.4, -0.2) is 16.2 Å². The molecule has 4 N–H and O–H groups in total. The number of anilines is 1. The zero-order valence-electron chi connectivity index (χ0n) is 5.91. The van der Waals surface area contributed by atoms with E-state index in [0.717, 1.165) is 0 Å². The SMILES string of the molecule is Nc1cc(C(=O)O)c(O)cc1Br. The molecule has 0 amide bonds. The van der Waals surface area contributed by atoms with Gasteiger partial charge in [0.2, 0.25) is 0 Å². The number of rotatable bonds is 1. The van der Waals surface area contributed by atoms with Crippen molar-refractivity contribution in [1.29, 1.82) is 0 Å². The van der Waals surface area contributed by atoms with E-state index < -0.39 is 5.97 Å². The van der Waals surface area contributed by atoms with Gasteiger partial charge in [0.05, 0.1) is 0 Å². The average molecular weight is 232 g/mol. The van der Waals surface area contributed by atoms with Gasteiger partial charge in [-0.2, -0.15) is 0 Å². The summed E-state index contributed by atoms with van der Waals surface area (Å²) in [6.45, 7) is 0.